The van der Waals surface area contributed by atoms with E-state index in [-0.39, 0.29) is 30.4 Å². The lowest BCUT2D eigenvalue weighted by Crippen LogP contribution is -2.52. The lowest BCUT2D eigenvalue weighted by Gasteiger charge is -2.29. The molecular formula is C23H24N4O4. The highest BCUT2D eigenvalue weighted by molar-refractivity contribution is 6.05. The molecule has 3 N–H and O–H groups in total. The quantitative estimate of drug-likeness (QED) is 0.717. The number of carbonyl (C=O) groups excluding carboxylic acids is 3. The Labute approximate surface area is 179 Å². The molecule has 3 atom stereocenters. The molecule has 2 fully saturated rings. The number of nitrogens with one attached hydrogen (secondary N) is 1. The zero-order chi connectivity index (χ0) is 21.5. The molecule has 2 aromatic carbocycles. The summed E-state index contributed by atoms with van der Waals surface area (Å²) in [6.07, 6.45) is 0.421. The third-order valence-electron chi connectivity index (χ3n) is 6.21. The zero-order valence-corrected chi connectivity index (χ0v) is 17.0. The van der Waals surface area contributed by atoms with Crippen LogP contribution in [-0.4, -0.2) is 53.9 Å². The Kier molecular flexibility index (Phi) is 4.86. The number of anilines is 1. The van der Waals surface area contributed by atoms with Gasteiger partial charge in [0.1, 0.15) is 17.9 Å². The summed E-state index contributed by atoms with van der Waals surface area (Å²) in [6, 6.07) is 14.7. The first kappa shape index (κ1) is 19.6. The number of carbonyl (C=O) groups is 3. The van der Waals surface area contributed by atoms with Crippen LogP contribution in [0.25, 0.3) is 0 Å². The van der Waals surface area contributed by atoms with Crippen molar-refractivity contribution < 1.29 is 19.1 Å². The van der Waals surface area contributed by atoms with Crippen LogP contribution in [-0.2, 0) is 16.1 Å². The number of hydrogen-bond acceptors (Lipinski definition) is 6. The maximum Gasteiger partial charge on any atom is 0.255 e. The second-order valence-electron chi connectivity index (χ2n) is 8.28. The molecule has 31 heavy (non-hydrogen) atoms. The summed E-state index contributed by atoms with van der Waals surface area (Å²) < 4.78 is 6.20. The number of benzene rings is 2. The van der Waals surface area contributed by atoms with Gasteiger partial charge in [-0.1, -0.05) is 18.2 Å². The lowest BCUT2D eigenvalue weighted by molar-refractivity contribution is -0.136. The first-order valence-corrected chi connectivity index (χ1v) is 10.5. The topological polar surface area (TPSA) is 105 Å². The van der Waals surface area contributed by atoms with Gasteiger partial charge in [-0.3, -0.25) is 19.7 Å². The summed E-state index contributed by atoms with van der Waals surface area (Å²) in [5.41, 5.74) is 8.84. The van der Waals surface area contributed by atoms with E-state index >= 15 is 0 Å². The van der Waals surface area contributed by atoms with Crippen LogP contribution in [0.5, 0.6) is 5.75 Å². The molecule has 3 amide bonds. The van der Waals surface area contributed by atoms with Gasteiger partial charge in [-0.05, 0) is 42.3 Å². The molecule has 8 heteroatoms. The summed E-state index contributed by atoms with van der Waals surface area (Å²) in [7, 11) is 0. The van der Waals surface area contributed by atoms with Crippen LogP contribution in [0.3, 0.4) is 0 Å². The maximum atomic E-state index is 12.8. The van der Waals surface area contributed by atoms with E-state index in [4.69, 9.17) is 10.5 Å². The van der Waals surface area contributed by atoms with Crippen molar-refractivity contribution in [3.8, 4) is 5.75 Å². The molecule has 1 unspecified atom stereocenters. The SMILES string of the molecule is N[C@H]1CN(c2ccccc2)C[C@@H]1Oc1ccc2c(c1)CN(C1CCC(=O)NC1=O)C2=O. The summed E-state index contributed by atoms with van der Waals surface area (Å²) >= 11 is 0. The summed E-state index contributed by atoms with van der Waals surface area (Å²) in [4.78, 5) is 40.2. The number of piperidine rings is 1. The normalized spacial score (nSPS) is 25.6. The van der Waals surface area contributed by atoms with Crippen molar-refractivity contribution in [2.75, 3.05) is 18.0 Å². The van der Waals surface area contributed by atoms with Gasteiger partial charge in [0.2, 0.25) is 11.8 Å². The van der Waals surface area contributed by atoms with Gasteiger partial charge >= 0.3 is 0 Å². The third kappa shape index (κ3) is 3.63. The van der Waals surface area contributed by atoms with E-state index in [9.17, 15) is 14.4 Å². The second kappa shape index (κ2) is 7.70. The lowest BCUT2D eigenvalue weighted by atomic mass is 10.0. The Balaban J connectivity index is 1.28. The van der Waals surface area contributed by atoms with Crippen molar-refractivity contribution in [3.05, 3.63) is 59.7 Å². The van der Waals surface area contributed by atoms with E-state index in [1.165, 1.54) is 4.90 Å². The molecule has 0 aromatic heterocycles. The fourth-order valence-corrected chi connectivity index (χ4v) is 4.57. The largest absolute Gasteiger partial charge is 0.487 e. The van der Waals surface area contributed by atoms with Crippen LogP contribution in [0.2, 0.25) is 0 Å². The van der Waals surface area contributed by atoms with Crippen molar-refractivity contribution in [2.45, 2.75) is 37.6 Å². The predicted molar refractivity (Wildman–Crippen MR) is 114 cm³/mol. The average Bonchev–Trinajstić information content (AvgIpc) is 3.28. The van der Waals surface area contributed by atoms with Gasteiger partial charge in [-0.15, -0.1) is 0 Å². The molecule has 0 saturated carbocycles. The first-order valence-electron chi connectivity index (χ1n) is 10.5. The summed E-state index contributed by atoms with van der Waals surface area (Å²) in [5.74, 6) is -0.235. The van der Waals surface area contributed by atoms with Crippen molar-refractivity contribution in [1.29, 1.82) is 0 Å². The van der Waals surface area contributed by atoms with Crippen molar-refractivity contribution >= 4 is 23.4 Å². The van der Waals surface area contributed by atoms with E-state index in [2.05, 4.69) is 22.3 Å². The third-order valence-corrected chi connectivity index (χ3v) is 6.21. The fourth-order valence-electron chi connectivity index (χ4n) is 4.57. The van der Waals surface area contributed by atoms with Gasteiger partial charge in [0, 0.05) is 30.8 Å². The highest BCUT2D eigenvalue weighted by Crippen LogP contribution is 2.31. The Hall–Kier alpha value is -3.39. The molecule has 2 aromatic rings. The minimum atomic E-state index is -0.621. The fraction of sp³-hybridized carbons (Fsp3) is 0.348. The minimum absolute atomic E-state index is 0.130. The Morgan fingerprint density at radius 1 is 1.03 bits per heavy atom. The van der Waals surface area contributed by atoms with E-state index in [0.29, 0.717) is 37.4 Å². The molecule has 3 aliphatic heterocycles. The van der Waals surface area contributed by atoms with Gasteiger partial charge in [-0.2, -0.15) is 0 Å². The van der Waals surface area contributed by atoms with Crippen LogP contribution in [0.1, 0.15) is 28.8 Å². The number of imide groups is 1. The van der Waals surface area contributed by atoms with Gasteiger partial charge in [0.15, 0.2) is 0 Å². The van der Waals surface area contributed by atoms with Gasteiger partial charge in [-0.25, -0.2) is 0 Å². The van der Waals surface area contributed by atoms with Crippen molar-refractivity contribution in [2.24, 2.45) is 5.73 Å². The van der Waals surface area contributed by atoms with Crippen molar-refractivity contribution in [1.82, 2.24) is 10.2 Å². The average molecular weight is 420 g/mol. The number of para-hydroxylation sites is 1. The highest BCUT2D eigenvalue weighted by atomic mass is 16.5. The predicted octanol–water partition coefficient (Wildman–Crippen LogP) is 1.04. The maximum absolute atomic E-state index is 12.8. The van der Waals surface area contributed by atoms with Gasteiger partial charge < -0.3 is 20.3 Å². The monoisotopic (exact) mass is 420 g/mol. The molecule has 3 heterocycles. The highest BCUT2D eigenvalue weighted by Gasteiger charge is 2.39. The van der Waals surface area contributed by atoms with Crippen molar-refractivity contribution in [3.63, 3.8) is 0 Å². The van der Waals surface area contributed by atoms with Gasteiger partial charge in [0.05, 0.1) is 12.6 Å². The standard InChI is InChI=1S/C23H24N4O4/c24-18-12-26(15-4-2-1-3-5-15)13-20(18)31-16-6-7-17-14(10-16)11-27(23(17)30)19-8-9-21(28)25-22(19)29/h1-7,10,18-20H,8-9,11-13,24H2,(H,25,28,29)/t18-,19?,20-/m0/s1. The molecule has 0 bridgehead atoms. The molecule has 5 rings (SSSR count). The van der Waals surface area contributed by atoms with Crippen LogP contribution < -0.4 is 20.7 Å². The molecule has 0 aliphatic carbocycles. The molecule has 8 nitrogen and oxygen atoms in total. The minimum Gasteiger partial charge on any atom is -0.487 e. The number of nitrogens with zero attached hydrogens (tertiary/aromatic N) is 2. The van der Waals surface area contributed by atoms with Crippen LogP contribution in [0.15, 0.2) is 48.5 Å². The molecule has 0 radical (unpaired) electrons. The van der Waals surface area contributed by atoms with Crippen LogP contribution >= 0.6 is 0 Å². The number of hydrogen-bond donors (Lipinski definition) is 2. The van der Waals surface area contributed by atoms with Gasteiger partial charge in [0.25, 0.3) is 5.91 Å². The summed E-state index contributed by atoms with van der Waals surface area (Å²) in [6.45, 7) is 1.72. The van der Waals surface area contributed by atoms with Crippen LogP contribution in [0, 0.1) is 0 Å². The Morgan fingerprint density at radius 3 is 2.61 bits per heavy atom. The van der Waals surface area contributed by atoms with E-state index < -0.39 is 11.9 Å². The van der Waals surface area contributed by atoms with Crippen LogP contribution in [0.4, 0.5) is 5.69 Å². The number of rotatable bonds is 4. The number of fused-ring (bicyclic) bond motifs is 1. The summed E-state index contributed by atoms with van der Waals surface area (Å²) in [5, 5.41) is 2.32. The Bertz CT molecular complexity index is 1040. The van der Waals surface area contributed by atoms with E-state index in [1.54, 1.807) is 12.1 Å². The first-order chi connectivity index (χ1) is 15.0. The number of nitrogens with two attached hydrogens (primary N) is 1. The molecule has 0 spiro atoms. The zero-order valence-electron chi connectivity index (χ0n) is 17.0. The second-order valence-corrected chi connectivity index (χ2v) is 8.28. The van der Waals surface area contributed by atoms with E-state index in [1.807, 2.05) is 24.3 Å². The van der Waals surface area contributed by atoms with E-state index in [0.717, 1.165) is 11.3 Å². The molecular weight excluding hydrogens is 396 g/mol. The molecule has 160 valence electrons. The molecule has 2 saturated heterocycles. The Morgan fingerprint density at radius 2 is 1.84 bits per heavy atom. The number of ether oxygens (including phenoxy) is 1. The smallest absolute Gasteiger partial charge is 0.255 e. The number of amides is 3. The molecule has 3 aliphatic rings.